The highest BCUT2D eigenvalue weighted by Crippen LogP contribution is 2.25. The summed E-state index contributed by atoms with van der Waals surface area (Å²) in [6.45, 7) is 9.73. The maximum absolute atomic E-state index is 12.2. The quantitative estimate of drug-likeness (QED) is 0.911. The topological polar surface area (TPSA) is 58.1 Å². The fourth-order valence-corrected chi connectivity index (χ4v) is 3.18. The van der Waals surface area contributed by atoms with E-state index in [4.69, 9.17) is 4.98 Å². The Labute approximate surface area is 146 Å². The minimum absolute atomic E-state index is 0.0396. The highest BCUT2D eigenvalue weighted by molar-refractivity contribution is 5.81. The molecular formula is C19H32N4O. The third-order valence-electron chi connectivity index (χ3n) is 4.94. The van der Waals surface area contributed by atoms with E-state index in [1.54, 1.807) is 0 Å². The number of aryl methyl sites for hydroxylation is 1. The van der Waals surface area contributed by atoms with Crippen molar-refractivity contribution in [2.75, 3.05) is 11.9 Å². The molecule has 1 heterocycles. The van der Waals surface area contributed by atoms with Gasteiger partial charge in [-0.1, -0.05) is 40.0 Å². The Bertz CT molecular complexity index is 573. The monoisotopic (exact) mass is 332 g/mol. The molecule has 1 amide bonds. The van der Waals surface area contributed by atoms with Crippen molar-refractivity contribution < 1.29 is 4.79 Å². The molecule has 0 unspecified atom stereocenters. The molecule has 1 aromatic heterocycles. The molecule has 1 aliphatic rings. The van der Waals surface area contributed by atoms with Gasteiger partial charge in [-0.25, -0.2) is 9.97 Å². The van der Waals surface area contributed by atoms with Gasteiger partial charge in [-0.2, -0.15) is 0 Å². The molecule has 0 aromatic carbocycles. The summed E-state index contributed by atoms with van der Waals surface area (Å²) < 4.78 is 0. The standard InChI is InChI=1S/C19H32N4O/c1-13(21-17(24)19(3,4)5)16-12-20-18(22-14(16)2)23(6)15-10-8-7-9-11-15/h12-13,15H,7-11H2,1-6H3,(H,21,24)/t13-/m0/s1. The van der Waals surface area contributed by atoms with Crippen LogP contribution in [0.2, 0.25) is 0 Å². The number of amides is 1. The first-order valence-corrected chi connectivity index (χ1v) is 9.07. The zero-order chi connectivity index (χ0) is 17.9. The van der Waals surface area contributed by atoms with E-state index in [1.807, 2.05) is 40.8 Å². The van der Waals surface area contributed by atoms with Crippen LogP contribution >= 0.6 is 0 Å². The van der Waals surface area contributed by atoms with Crippen LogP contribution in [0.3, 0.4) is 0 Å². The van der Waals surface area contributed by atoms with Crippen molar-refractivity contribution in [2.45, 2.75) is 78.8 Å². The largest absolute Gasteiger partial charge is 0.349 e. The van der Waals surface area contributed by atoms with E-state index in [1.165, 1.54) is 32.1 Å². The van der Waals surface area contributed by atoms with E-state index >= 15 is 0 Å². The lowest BCUT2D eigenvalue weighted by Crippen LogP contribution is -2.37. The van der Waals surface area contributed by atoms with Crippen LogP contribution < -0.4 is 10.2 Å². The average molecular weight is 332 g/mol. The van der Waals surface area contributed by atoms with E-state index in [0.29, 0.717) is 6.04 Å². The molecule has 0 spiro atoms. The van der Waals surface area contributed by atoms with Gasteiger partial charge in [-0.05, 0) is 26.7 Å². The number of rotatable bonds is 4. The Morgan fingerprint density at radius 3 is 2.46 bits per heavy atom. The summed E-state index contributed by atoms with van der Waals surface area (Å²) in [5.41, 5.74) is 1.52. The summed E-state index contributed by atoms with van der Waals surface area (Å²) in [6, 6.07) is 0.452. The van der Waals surface area contributed by atoms with E-state index in [-0.39, 0.29) is 11.9 Å². The Balaban J connectivity index is 2.10. The zero-order valence-corrected chi connectivity index (χ0v) is 16.0. The van der Waals surface area contributed by atoms with E-state index in [9.17, 15) is 4.79 Å². The van der Waals surface area contributed by atoms with Gasteiger partial charge in [0.1, 0.15) is 0 Å². The van der Waals surface area contributed by atoms with Gasteiger partial charge in [0.15, 0.2) is 0 Å². The lowest BCUT2D eigenvalue weighted by Gasteiger charge is -2.31. The molecule has 1 aromatic rings. The lowest BCUT2D eigenvalue weighted by molar-refractivity contribution is -0.129. The van der Waals surface area contributed by atoms with Crippen LogP contribution in [0.4, 0.5) is 5.95 Å². The second kappa shape index (κ2) is 7.49. The number of nitrogens with zero attached hydrogens (tertiary/aromatic N) is 3. The third kappa shape index (κ3) is 4.46. The molecule has 0 radical (unpaired) electrons. The molecule has 5 nitrogen and oxygen atoms in total. The van der Waals surface area contributed by atoms with Crippen molar-refractivity contribution in [3.63, 3.8) is 0 Å². The van der Waals surface area contributed by atoms with Gasteiger partial charge in [-0.15, -0.1) is 0 Å². The van der Waals surface area contributed by atoms with Crippen LogP contribution in [0.5, 0.6) is 0 Å². The molecule has 0 bridgehead atoms. The van der Waals surface area contributed by atoms with Crippen LogP contribution in [0.25, 0.3) is 0 Å². The van der Waals surface area contributed by atoms with Gasteiger partial charge < -0.3 is 10.2 Å². The van der Waals surface area contributed by atoms with Gasteiger partial charge in [0.25, 0.3) is 0 Å². The van der Waals surface area contributed by atoms with Gasteiger partial charge in [0.2, 0.25) is 11.9 Å². The van der Waals surface area contributed by atoms with Gasteiger partial charge in [0, 0.05) is 36.0 Å². The molecule has 1 fully saturated rings. The molecule has 2 rings (SSSR count). The van der Waals surface area contributed by atoms with Gasteiger partial charge >= 0.3 is 0 Å². The minimum atomic E-state index is -0.399. The highest BCUT2D eigenvalue weighted by atomic mass is 16.2. The number of nitrogens with one attached hydrogen (secondary N) is 1. The molecule has 0 saturated heterocycles. The first-order chi connectivity index (χ1) is 11.2. The van der Waals surface area contributed by atoms with E-state index in [0.717, 1.165) is 17.2 Å². The Morgan fingerprint density at radius 1 is 1.29 bits per heavy atom. The fraction of sp³-hybridized carbons (Fsp3) is 0.737. The number of hydrogen-bond acceptors (Lipinski definition) is 4. The average Bonchev–Trinajstić information content (AvgIpc) is 2.53. The van der Waals surface area contributed by atoms with Crippen LogP contribution in [-0.4, -0.2) is 29.0 Å². The second-order valence-electron chi connectivity index (χ2n) is 8.06. The molecule has 134 valence electrons. The summed E-state index contributed by atoms with van der Waals surface area (Å²) in [5, 5.41) is 3.06. The predicted octanol–water partition coefficient (Wildman–Crippen LogP) is 3.78. The second-order valence-corrected chi connectivity index (χ2v) is 8.06. The first kappa shape index (κ1) is 18.7. The number of hydrogen-bond donors (Lipinski definition) is 1. The summed E-state index contributed by atoms with van der Waals surface area (Å²) in [7, 11) is 2.09. The smallest absolute Gasteiger partial charge is 0.225 e. The minimum Gasteiger partial charge on any atom is -0.349 e. The van der Waals surface area contributed by atoms with Crippen molar-refractivity contribution in [3.8, 4) is 0 Å². The van der Waals surface area contributed by atoms with Crippen LogP contribution in [-0.2, 0) is 4.79 Å². The van der Waals surface area contributed by atoms with Crippen molar-refractivity contribution >= 4 is 11.9 Å². The van der Waals surface area contributed by atoms with E-state index < -0.39 is 5.41 Å². The Kier molecular flexibility index (Phi) is 5.83. The number of anilines is 1. The molecule has 5 heteroatoms. The van der Waals surface area contributed by atoms with Crippen molar-refractivity contribution in [1.29, 1.82) is 0 Å². The predicted molar refractivity (Wildman–Crippen MR) is 98.1 cm³/mol. The third-order valence-corrected chi connectivity index (χ3v) is 4.94. The van der Waals surface area contributed by atoms with Gasteiger partial charge in [0.05, 0.1) is 6.04 Å². The van der Waals surface area contributed by atoms with Gasteiger partial charge in [-0.3, -0.25) is 4.79 Å². The Hall–Kier alpha value is -1.65. The molecule has 1 aliphatic carbocycles. The molecule has 24 heavy (non-hydrogen) atoms. The summed E-state index contributed by atoms with van der Waals surface area (Å²) in [4.78, 5) is 23.7. The molecule has 1 atom stereocenters. The summed E-state index contributed by atoms with van der Waals surface area (Å²) in [6.07, 6.45) is 8.24. The number of aromatic nitrogens is 2. The summed E-state index contributed by atoms with van der Waals surface area (Å²) >= 11 is 0. The van der Waals surface area contributed by atoms with Crippen LogP contribution in [0, 0.1) is 12.3 Å². The van der Waals surface area contributed by atoms with E-state index in [2.05, 4.69) is 22.2 Å². The SMILES string of the molecule is Cc1nc(N(C)C2CCCCC2)ncc1[C@H](C)NC(=O)C(C)(C)C. The molecule has 0 aliphatic heterocycles. The first-order valence-electron chi connectivity index (χ1n) is 9.07. The van der Waals surface area contributed by atoms with Crippen molar-refractivity contribution in [2.24, 2.45) is 5.41 Å². The van der Waals surface area contributed by atoms with Crippen molar-refractivity contribution in [3.05, 3.63) is 17.5 Å². The van der Waals surface area contributed by atoms with Crippen LogP contribution in [0.1, 0.15) is 77.1 Å². The maximum Gasteiger partial charge on any atom is 0.225 e. The molecule has 1 N–H and O–H groups in total. The highest BCUT2D eigenvalue weighted by Gasteiger charge is 2.25. The maximum atomic E-state index is 12.2. The van der Waals surface area contributed by atoms with Crippen LogP contribution in [0.15, 0.2) is 6.20 Å². The Morgan fingerprint density at radius 2 is 1.92 bits per heavy atom. The number of carbonyl (C=O) groups is 1. The molecular weight excluding hydrogens is 300 g/mol. The summed E-state index contributed by atoms with van der Waals surface area (Å²) in [5.74, 6) is 0.829. The normalized spacial score (nSPS) is 17.4. The lowest BCUT2D eigenvalue weighted by atomic mass is 9.94. The number of carbonyl (C=O) groups excluding carboxylic acids is 1. The molecule has 1 saturated carbocycles. The fourth-order valence-electron chi connectivity index (χ4n) is 3.18. The van der Waals surface area contributed by atoms with Crippen molar-refractivity contribution in [1.82, 2.24) is 15.3 Å². The zero-order valence-electron chi connectivity index (χ0n) is 16.0.